The maximum absolute atomic E-state index is 11.9. The molecule has 2 heterocycles. The maximum Gasteiger partial charge on any atom is 0.230 e. The molecule has 1 atom stereocenters. The lowest BCUT2D eigenvalue weighted by atomic mass is 10.1. The number of nitrogens with zero attached hydrogens (tertiary/aromatic N) is 3. The summed E-state index contributed by atoms with van der Waals surface area (Å²) in [5, 5.41) is 12.4. The van der Waals surface area contributed by atoms with Crippen molar-refractivity contribution in [3.63, 3.8) is 0 Å². The molecule has 0 unspecified atom stereocenters. The van der Waals surface area contributed by atoms with Crippen LogP contribution in [0.5, 0.6) is 0 Å². The average molecular weight is 375 g/mol. The summed E-state index contributed by atoms with van der Waals surface area (Å²) in [6.07, 6.45) is 4.02. The van der Waals surface area contributed by atoms with Gasteiger partial charge < -0.3 is 14.6 Å². The zero-order valence-electron chi connectivity index (χ0n) is 15.2. The number of rotatable bonds is 9. The van der Waals surface area contributed by atoms with Crippen molar-refractivity contribution in [1.82, 2.24) is 20.1 Å². The fourth-order valence-electron chi connectivity index (χ4n) is 2.96. The normalized spacial score (nSPS) is 16.7. The maximum atomic E-state index is 11.9. The summed E-state index contributed by atoms with van der Waals surface area (Å²) in [6.45, 7) is 4.32. The molecule has 1 aromatic heterocycles. The Kier molecular flexibility index (Phi) is 7.08. The molecular formula is C19H26N4O2S. The number of carbonyl (C=O) groups excluding carboxylic acids is 1. The summed E-state index contributed by atoms with van der Waals surface area (Å²) in [7, 11) is 0. The van der Waals surface area contributed by atoms with E-state index in [9.17, 15) is 4.79 Å². The summed E-state index contributed by atoms with van der Waals surface area (Å²) in [5.74, 6) is 1.31. The van der Waals surface area contributed by atoms with Crippen molar-refractivity contribution in [1.29, 1.82) is 0 Å². The van der Waals surface area contributed by atoms with E-state index in [2.05, 4.69) is 32.2 Å². The van der Waals surface area contributed by atoms with E-state index in [1.807, 2.05) is 25.1 Å². The quantitative estimate of drug-likeness (QED) is 0.684. The number of hydrogen-bond donors (Lipinski definition) is 1. The monoisotopic (exact) mass is 374 g/mol. The van der Waals surface area contributed by atoms with Gasteiger partial charge in [-0.2, -0.15) is 0 Å². The van der Waals surface area contributed by atoms with Gasteiger partial charge in [-0.1, -0.05) is 49.0 Å². The molecule has 0 saturated carbocycles. The lowest BCUT2D eigenvalue weighted by molar-refractivity contribution is -0.118. The molecule has 0 aliphatic carbocycles. The second-order valence-corrected chi connectivity index (χ2v) is 7.39. The van der Waals surface area contributed by atoms with Gasteiger partial charge in [-0.25, -0.2) is 0 Å². The number of carbonyl (C=O) groups is 1. The van der Waals surface area contributed by atoms with E-state index in [0.717, 1.165) is 49.8 Å². The highest BCUT2D eigenvalue weighted by Gasteiger charge is 2.21. The van der Waals surface area contributed by atoms with Crippen LogP contribution in [0.1, 0.15) is 37.6 Å². The summed E-state index contributed by atoms with van der Waals surface area (Å²) >= 11 is 1.44. The summed E-state index contributed by atoms with van der Waals surface area (Å²) in [5.41, 5.74) is 1.20. The van der Waals surface area contributed by atoms with Crippen LogP contribution >= 0.6 is 11.8 Å². The van der Waals surface area contributed by atoms with Gasteiger partial charge >= 0.3 is 0 Å². The second-order valence-electron chi connectivity index (χ2n) is 6.45. The molecule has 6 nitrogen and oxygen atoms in total. The number of thioether (sulfide) groups is 1. The van der Waals surface area contributed by atoms with E-state index < -0.39 is 0 Å². The molecule has 3 rings (SSSR count). The fourth-order valence-corrected chi connectivity index (χ4v) is 3.75. The number of amides is 1. The molecule has 1 amide bonds. The first kappa shape index (κ1) is 18.9. The highest BCUT2D eigenvalue weighted by atomic mass is 32.2. The van der Waals surface area contributed by atoms with Crippen LogP contribution in [0.15, 0.2) is 35.5 Å². The predicted octanol–water partition coefficient (Wildman–Crippen LogP) is 2.67. The van der Waals surface area contributed by atoms with Crippen LogP contribution in [-0.4, -0.2) is 45.7 Å². The van der Waals surface area contributed by atoms with Crippen molar-refractivity contribution < 1.29 is 9.53 Å². The van der Waals surface area contributed by atoms with Crippen molar-refractivity contribution >= 4 is 17.7 Å². The minimum atomic E-state index is 0.0353. The van der Waals surface area contributed by atoms with Gasteiger partial charge in [0.2, 0.25) is 5.91 Å². The second kappa shape index (κ2) is 9.73. The summed E-state index contributed by atoms with van der Waals surface area (Å²) < 4.78 is 7.93. The first-order valence-electron chi connectivity index (χ1n) is 9.23. The van der Waals surface area contributed by atoms with Crippen LogP contribution in [0.25, 0.3) is 0 Å². The SMILES string of the molecule is CCCNC(=O)CSc1nnc(Cc2ccccc2)n1C[C@H]1CCCO1. The lowest BCUT2D eigenvalue weighted by Gasteiger charge is -2.14. The highest BCUT2D eigenvalue weighted by molar-refractivity contribution is 7.99. The smallest absolute Gasteiger partial charge is 0.230 e. The van der Waals surface area contributed by atoms with Gasteiger partial charge in [0.1, 0.15) is 5.82 Å². The molecule has 0 radical (unpaired) electrons. The number of benzene rings is 1. The molecule has 1 fully saturated rings. The van der Waals surface area contributed by atoms with Crippen LogP contribution in [0, 0.1) is 0 Å². The number of hydrogen-bond acceptors (Lipinski definition) is 5. The molecule has 1 N–H and O–H groups in total. The van der Waals surface area contributed by atoms with E-state index in [-0.39, 0.29) is 12.0 Å². The van der Waals surface area contributed by atoms with Crippen molar-refractivity contribution in [3.05, 3.63) is 41.7 Å². The highest BCUT2D eigenvalue weighted by Crippen LogP contribution is 2.22. The van der Waals surface area contributed by atoms with Gasteiger partial charge in [-0.15, -0.1) is 10.2 Å². The lowest BCUT2D eigenvalue weighted by Crippen LogP contribution is -2.26. The third kappa shape index (κ3) is 5.32. The molecular weight excluding hydrogens is 348 g/mol. The Hall–Kier alpha value is -1.86. The van der Waals surface area contributed by atoms with E-state index in [4.69, 9.17) is 4.74 Å². The Balaban J connectivity index is 1.71. The largest absolute Gasteiger partial charge is 0.376 e. The van der Waals surface area contributed by atoms with Crippen LogP contribution in [0.4, 0.5) is 0 Å². The van der Waals surface area contributed by atoms with Gasteiger partial charge in [0.25, 0.3) is 0 Å². The predicted molar refractivity (Wildman–Crippen MR) is 102 cm³/mol. The summed E-state index contributed by atoms with van der Waals surface area (Å²) in [6, 6.07) is 10.3. The van der Waals surface area contributed by atoms with Gasteiger partial charge in [-0.05, 0) is 24.8 Å². The molecule has 1 aromatic carbocycles. The zero-order valence-corrected chi connectivity index (χ0v) is 16.0. The van der Waals surface area contributed by atoms with Crippen molar-refractivity contribution in [2.45, 2.75) is 50.4 Å². The molecule has 1 aliphatic heterocycles. The standard InChI is InChI=1S/C19H26N4O2S/c1-2-10-20-18(24)14-26-19-22-21-17(12-15-7-4-3-5-8-15)23(19)13-16-9-6-11-25-16/h3-5,7-8,16H,2,6,9-14H2,1H3,(H,20,24)/t16-/m1/s1. The Labute approximate surface area is 158 Å². The number of aromatic nitrogens is 3. The van der Waals surface area contributed by atoms with E-state index in [1.165, 1.54) is 17.3 Å². The van der Waals surface area contributed by atoms with Crippen LogP contribution in [0.3, 0.4) is 0 Å². The molecule has 0 bridgehead atoms. The molecule has 2 aromatic rings. The average Bonchev–Trinajstić information content (AvgIpc) is 3.30. The Bertz CT molecular complexity index is 699. The number of ether oxygens (including phenoxy) is 1. The first-order valence-corrected chi connectivity index (χ1v) is 10.2. The summed E-state index contributed by atoms with van der Waals surface area (Å²) in [4.78, 5) is 11.9. The molecule has 1 saturated heterocycles. The van der Waals surface area contributed by atoms with E-state index >= 15 is 0 Å². The molecule has 1 aliphatic rings. The topological polar surface area (TPSA) is 69.0 Å². The van der Waals surface area contributed by atoms with Crippen LogP contribution in [-0.2, 0) is 22.5 Å². The van der Waals surface area contributed by atoms with Crippen LogP contribution in [0.2, 0.25) is 0 Å². The molecule has 7 heteroatoms. The van der Waals surface area contributed by atoms with Crippen molar-refractivity contribution in [3.8, 4) is 0 Å². The Morgan fingerprint density at radius 1 is 1.35 bits per heavy atom. The minimum absolute atomic E-state index is 0.0353. The van der Waals surface area contributed by atoms with Gasteiger partial charge in [0.15, 0.2) is 5.16 Å². The van der Waals surface area contributed by atoms with Gasteiger partial charge in [0.05, 0.1) is 18.4 Å². The van der Waals surface area contributed by atoms with Crippen LogP contribution < -0.4 is 5.32 Å². The minimum Gasteiger partial charge on any atom is -0.376 e. The van der Waals surface area contributed by atoms with Crippen molar-refractivity contribution in [2.75, 3.05) is 18.9 Å². The van der Waals surface area contributed by atoms with Gasteiger partial charge in [-0.3, -0.25) is 4.79 Å². The van der Waals surface area contributed by atoms with Crippen molar-refractivity contribution in [2.24, 2.45) is 0 Å². The first-order chi connectivity index (χ1) is 12.8. The van der Waals surface area contributed by atoms with E-state index in [1.54, 1.807) is 0 Å². The Morgan fingerprint density at radius 2 is 2.19 bits per heavy atom. The third-order valence-corrected chi connectivity index (χ3v) is 5.28. The fraction of sp³-hybridized carbons (Fsp3) is 0.526. The molecule has 26 heavy (non-hydrogen) atoms. The molecule has 0 spiro atoms. The van der Waals surface area contributed by atoms with Gasteiger partial charge in [0, 0.05) is 19.6 Å². The number of nitrogens with one attached hydrogen (secondary N) is 1. The third-order valence-electron chi connectivity index (χ3n) is 4.31. The molecule has 140 valence electrons. The zero-order chi connectivity index (χ0) is 18.2. The van der Waals surface area contributed by atoms with E-state index in [0.29, 0.717) is 12.3 Å². The Morgan fingerprint density at radius 3 is 2.92 bits per heavy atom.